The lowest BCUT2D eigenvalue weighted by atomic mass is 10.1. The third kappa shape index (κ3) is 2.54. The summed E-state index contributed by atoms with van der Waals surface area (Å²) in [5.41, 5.74) is 3.07. The first kappa shape index (κ1) is 14.5. The van der Waals surface area contributed by atoms with E-state index in [0.29, 0.717) is 17.8 Å². The Morgan fingerprint density at radius 1 is 1.08 bits per heavy atom. The van der Waals surface area contributed by atoms with Crippen LogP contribution in [0.1, 0.15) is 23.0 Å². The van der Waals surface area contributed by atoms with Gasteiger partial charge in [0.1, 0.15) is 17.5 Å². The zero-order valence-corrected chi connectivity index (χ0v) is 13.3. The summed E-state index contributed by atoms with van der Waals surface area (Å²) < 4.78 is 7.18. The van der Waals surface area contributed by atoms with E-state index in [4.69, 9.17) is 4.74 Å². The van der Waals surface area contributed by atoms with E-state index in [9.17, 15) is 4.79 Å². The van der Waals surface area contributed by atoms with Crippen LogP contribution in [0.15, 0.2) is 60.7 Å². The fourth-order valence-corrected chi connectivity index (χ4v) is 2.91. The summed E-state index contributed by atoms with van der Waals surface area (Å²) >= 11 is 0. The molecule has 0 amide bonds. The fourth-order valence-electron chi connectivity index (χ4n) is 2.91. The standard InChI is InChI=1S/C19H17N3O2/c1-13-12-16-17(19(23)24-13)18(20-14-8-4-2-5-9-14)22(21-16)15-10-6-3-7-11-15/h2-11,13,20H,12H2,1H3. The van der Waals surface area contributed by atoms with Gasteiger partial charge >= 0.3 is 5.97 Å². The number of aromatic nitrogens is 2. The Labute approximate surface area is 139 Å². The molecule has 5 nitrogen and oxygen atoms in total. The fraction of sp³-hybridized carbons (Fsp3) is 0.158. The number of carbonyl (C=O) groups is 1. The van der Waals surface area contributed by atoms with Gasteiger partial charge in [0.15, 0.2) is 0 Å². The topological polar surface area (TPSA) is 56.2 Å². The maximum Gasteiger partial charge on any atom is 0.344 e. The molecule has 0 radical (unpaired) electrons. The number of benzene rings is 2. The molecule has 1 unspecified atom stereocenters. The van der Waals surface area contributed by atoms with Gasteiger partial charge in [-0.15, -0.1) is 0 Å². The number of cyclic esters (lactones) is 1. The minimum Gasteiger partial charge on any atom is -0.459 e. The largest absolute Gasteiger partial charge is 0.459 e. The second kappa shape index (κ2) is 5.85. The van der Waals surface area contributed by atoms with Crippen molar-refractivity contribution in [2.24, 2.45) is 0 Å². The minimum atomic E-state index is -0.329. The van der Waals surface area contributed by atoms with Crippen LogP contribution in [0.2, 0.25) is 0 Å². The van der Waals surface area contributed by atoms with Crippen LogP contribution in [0, 0.1) is 0 Å². The average Bonchev–Trinajstić information content (AvgIpc) is 2.95. The Hall–Kier alpha value is -3.08. The second-order valence-electron chi connectivity index (χ2n) is 5.83. The van der Waals surface area contributed by atoms with E-state index < -0.39 is 0 Å². The molecule has 5 heteroatoms. The van der Waals surface area contributed by atoms with Crippen LogP contribution in [-0.4, -0.2) is 21.9 Å². The molecule has 0 saturated carbocycles. The maximum absolute atomic E-state index is 12.4. The van der Waals surface area contributed by atoms with Crippen molar-refractivity contribution >= 4 is 17.5 Å². The molecule has 3 aromatic rings. The van der Waals surface area contributed by atoms with Gasteiger partial charge in [0.05, 0.1) is 11.4 Å². The van der Waals surface area contributed by atoms with Crippen LogP contribution in [0.25, 0.3) is 5.69 Å². The highest BCUT2D eigenvalue weighted by atomic mass is 16.5. The van der Waals surface area contributed by atoms with Gasteiger partial charge in [0.2, 0.25) is 0 Å². The van der Waals surface area contributed by atoms with E-state index in [1.807, 2.05) is 67.6 Å². The quantitative estimate of drug-likeness (QED) is 0.748. The summed E-state index contributed by atoms with van der Waals surface area (Å²) in [6.45, 7) is 1.88. The Kier molecular flexibility index (Phi) is 3.54. The number of carbonyl (C=O) groups excluding carboxylic acids is 1. The molecule has 0 bridgehead atoms. The molecule has 1 atom stereocenters. The number of para-hydroxylation sites is 2. The van der Waals surface area contributed by atoms with Crippen molar-refractivity contribution in [1.29, 1.82) is 0 Å². The van der Waals surface area contributed by atoms with E-state index in [0.717, 1.165) is 17.1 Å². The number of fused-ring (bicyclic) bond motifs is 1. The summed E-state index contributed by atoms with van der Waals surface area (Å²) in [5.74, 6) is 0.309. The molecular formula is C19H17N3O2. The second-order valence-corrected chi connectivity index (χ2v) is 5.83. The highest BCUT2D eigenvalue weighted by Gasteiger charge is 2.32. The van der Waals surface area contributed by atoms with Gasteiger partial charge < -0.3 is 10.1 Å². The molecule has 0 fully saturated rings. The van der Waals surface area contributed by atoms with E-state index >= 15 is 0 Å². The van der Waals surface area contributed by atoms with Crippen molar-refractivity contribution in [2.75, 3.05) is 5.32 Å². The van der Waals surface area contributed by atoms with Crippen LogP contribution >= 0.6 is 0 Å². The molecule has 4 rings (SSSR count). The van der Waals surface area contributed by atoms with Crippen molar-refractivity contribution in [1.82, 2.24) is 9.78 Å². The van der Waals surface area contributed by atoms with Crippen LogP contribution in [0.4, 0.5) is 11.5 Å². The summed E-state index contributed by atoms with van der Waals surface area (Å²) in [4.78, 5) is 12.4. The highest BCUT2D eigenvalue weighted by Crippen LogP contribution is 2.31. The van der Waals surface area contributed by atoms with Crippen molar-refractivity contribution in [3.05, 3.63) is 71.9 Å². The molecule has 24 heavy (non-hydrogen) atoms. The van der Waals surface area contributed by atoms with Gasteiger partial charge in [-0.25, -0.2) is 9.48 Å². The summed E-state index contributed by atoms with van der Waals surface area (Å²) in [7, 11) is 0. The highest BCUT2D eigenvalue weighted by molar-refractivity contribution is 5.98. The van der Waals surface area contributed by atoms with Gasteiger partial charge in [0.25, 0.3) is 0 Å². The van der Waals surface area contributed by atoms with Gasteiger partial charge in [-0.3, -0.25) is 0 Å². The number of esters is 1. The van der Waals surface area contributed by atoms with Gasteiger partial charge in [-0.05, 0) is 31.2 Å². The van der Waals surface area contributed by atoms with Gasteiger partial charge in [-0.1, -0.05) is 36.4 Å². The van der Waals surface area contributed by atoms with E-state index in [1.54, 1.807) is 4.68 Å². The first-order chi connectivity index (χ1) is 11.7. The first-order valence-corrected chi connectivity index (χ1v) is 7.93. The zero-order chi connectivity index (χ0) is 16.5. The van der Waals surface area contributed by atoms with E-state index in [2.05, 4.69) is 10.4 Å². The monoisotopic (exact) mass is 319 g/mol. The third-order valence-electron chi connectivity index (χ3n) is 3.99. The lowest BCUT2D eigenvalue weighted by molar-refractivity contribution is 0.0301. The van der Waals surface area contributed by atoms with Crippen LogP contribution in [-0.2, 0) is 11.2 Å². The van der Waals surface area contributed by atoms with E-state index in [-0.39, 0.29) is 12.1 Å². The molecule has 1 aliphatic heterocycles. The Balaban J connectivity index is 1.87. The normalized spacial score (nSPS) is 16.4. The molecule has 1 aromatic heterocycles. The average molecular weight is 319 g/mol. The third-order valence-corrected chi connectivity index (χ3v) is 3.99. The number of anilines is 2. The molecule has 120 valence electrons. The number of hydrogen-bond acceptors (Lipinski definition) is 4. The molecule has 0 aliphatic carbocycles. The van der Waals surface area contributed by atoms with Crippen LogP contribution < -0.4 is 5.32 Å². The molecular weight excluding hydrogens is 302 g/mol. The molecule has 1 aliphatic rings. The lowest BCUT2D eigenvalue weighted by Gasteiger charge is -2.18. The zero-order valence-electron chi connectivity index (χ0n) is 13.3. The number of nitrogens with one attached hydrogen (secondary N) is 1. The Morgan fingerprint density at radius 3 is 2.46 bits per heavy atom. The van der Waals surface area contributed by atoms with E-state index in [1.165, 1.54) is 0 Å². The Morgan fingerprint density at radius 2 is 1.75 bits per heavy atom. The molecule has 0 saturated heterocycles. The van der Waals surface area contributed by atoms with Crippen molar-refractivity contribution in [3.63, 3.8) is 0 Å². The summed E-state index contributed by atoms with van der Waals surface area (Å²) in [6.07, 6.45) is 0.457. The summed E-state index contributed by atoms with van der Waals surface area (Å²) in [6, 6.07) is 19.5. The predicted octanol–water partition coefficient (Wildman–Crippen LogP) is 3.72. The van der Waals surface area contributed by atoms with Crippen LogP contribution in [0.3, 0.4) is 0 Å². The maximum atomic E-state index is 12.4. The molecule has 2 heterocycles. The van der Waals surface area contributed by atoms with Crippen molar-refractivity contribution < 1.29 is 9.53 Å². The molecule has 1 N–H and O–H groups in total. The first-order valence-electron chi connectivity index (χ1n) is 7.93. The lowest BCUT2D eigenvalue weighted by Crippen LogP contribution is -2.25. The SMILES string of the molecule is CC1Cc2nn(-c3ccccc3)c(Nc3ccccc3)c2C(=O)O1. The van der Waals surface area contributed by atoms with Crippen molar-refractivity contribution in [2.45, 2.75) is 19.4 Å². The summed E-state index contributed by atoms with van der Waals surface area (Å²) in [5, 5.41) is 8.00. The smallest absolute Gasteiger partial charge is 0.344 e. The number of hydrogen-bond donors (Lipinski definition) is 1. The number of rotatable bonds is 3. The van der Waals surface area contributed by atoms with Gasteiger partial charge in [0, 0.05) is 12.1 Å². The Bertz CT molecular complexity index is 872. The minimum absolute atomic E-state index is 0.159. The van der Waals surface area contributed by atoms with Gasteiger partial charge in [-0.2, -0.15) is 5.10 Å². The predicted molar refractivity (Wildman–Crippen MR) is 91.9 cm³/mol. The van der Waals surface area contributed by atoms with Crippen LogP contribution in [0.5, 0.6) is 0 Å². The molecule has 0 spiro atoms. The van der Waals surface area contributed by atoms with Crippen molar-refractivity contribution in [3.8, 4) is 5.69 Å². The number of ether oxygens (including phenoxy) is 1. The molecule has 2 aromatic carbocycles. The number of nitrogens with zero attached hydrogens (tertiary/aromatic N) is 2.